The van der Waals surface area contributed by atoms with Crippen LogP contribution in [0.1, 0.15) is 32.3 Å². The van der Waals surface area contributed by atoms with Crippen LogP contribution in [0.2, 0.25) is 0 Å². The van der Waals surface area contributed by atoms with Gasteiger partial charge in [0.1, 0.15) is 0 Å². The zero-order chi connectivity index (χ0) is 14.5. The standard InChI is InChI=1S/C14H19NO4/c1-3-14(4-2,10-8-6-5-7-9-10)15-11(12(16)17)13(18)19/h5-9,11,15H,3-4H2,1-2H3,(H,16,17)(H,18,19). The van der Waals surface area contributed by atoms with E-state index in [9.17, 15) is 9.59 Å². The molecular weight excluding hydrogens is 246 g/mol. The maximum atomic E-state index is 11.0. The number of carboxylic acids is 2. The molecule has 0 aromatic heterocycles. The molecule has 0 aliphatic carbocycles. The molecule has 0 aliphatic heterocycles. The lowest BCUT2D eigenvalue weighted by atomic mass is 9.84. The van der Waals surface area contributed by atoms with E-state index in [1.54, 1.807) is 0 Å². The van der Waals surface area contributed by atoms with Crippen LogP contribution in [0, 0.1) is 0 Å². The highest BCUT2D eigenvalue weighted by atomic mass is 16.4. The highest BCUT2D eigenvalue weighted by molar-refractivity contribution is 5.97. The van der Waals surface area contributed by atoms with Crippen molar-refractivity contribution in [2.45, 2.75) is 38.3 Å². The minimum absolute atomic E-state index is 0.602. The van der Waals surface area contributed by atoms with Crippen molar-refractivity contribution >= 4 is 11.9 Å². The number of carboxylic acid groups (broad SMARTS) is 2. The molecule has 5 heteroatoms. The van der Waals surface area contributed by atoms with Gasteiger partial charge in [-0.15, -0.1) is 0 Å². The van der Waals surface area contributed by atoms with Gasteiger partial charge in [-0.2, -0.15) is 0 Å². The molecule has 0 spiro atoms. The summed E-state index contributed by atoms with van der Waals surface area (Å²) in [4.78, 5) is 22.1. The molecule has 0 saturated carbocycles. The number of carbonyl (C=O) groups is 2. The minimum Gasteiger partial charge on any atom is -0.480 e. The van der Waals surface area contributed by atoms with Crippen molar-refractivity contribution < 1.29 is 19.8 Å². The molecule has 1 rings (SSSR count). The average molecular weight is 265 g/mol. The van der Waals surface area contributed by atoms with Crippen molar-refractivity contribution in [2.24, 2.45) is 0 Å². The fourth-order valence-corrected chi connectivity index (χ4v) is 2.21. The van der Waals surface area contributed by atoms with Crippen molar-refractivity contribution in [1.29, 1.82) is 0 Å². The van der Waals surface area contributed by atoms with E-state index in [1.807, 2.05) is 44.2 Å². The molecule has 19 heavy (non-hydrogen) atoms. The molecule has 5 nitrogen and oxygen atoms in total. The van der Waals surface area contributed by atoms with Crippen LogP contribution >= 0.6 is 0 Å². The highest BCUT2D eigenvalue weighted by Gasteiger charge is 2.36. The Morgan fingerprint density at radius 2 is 1.58 bits per heavy atom. The fraction of sp³-hybridized carbons (Fsp3) is 0.429. The van der Waals surface area contributed by atoms with Crippen molar-refractivity contribution in [1.82, 2.24) is 5.32 Å². The average Bonchev–Trinajstić information content (AvgIpc) is 2.41. The summed E-state index contributed by atoms with van der Waals surface area (Å²) in [7, 11) is 0. The first-order valence-corrected chi connectivity index (χ1v) is 6.25. The number of rotatable bonds is 7. The summed E-state index contributed by atoms with van der Waals surface area (Å²) in [6, 6.07) is 7.72. The number of aliphatic carboxylic acids is 2. The molecule has 104 valence electrons. The Hall–Kier alpha value is -1.88. The van der Waals surface area contributed by atoms with E-state index in [0.29, 0.717) is 12.8 Å². The molecule has 1 aromatic carbocycles. The summed E-state index contributed by atoms with van der Waals surface area (Å²) >= 11 is 0. The third-order valence-corrected chi connectivity index (χ3v) is 3.45. The number of hydrogen-bond acceptors (Lipinski definition) is 3. The predicted octanol–water partition coefficient (Wildman–Crippen LogP) is 1.83. The molecule has 3 N–H and O–H groups in total. The van der Waals surface area contributed by atoms with E-state index in [-0.39, 0.29) is 0 Å². The Labute approximate surface area is 112 Å². The Balaban J connectivity index is 3.13. The maximum absolute atomic E-state index is 11.0. The lowest BCUT2D eigenvalue weighted by Crippen LogP contribution is -2.54. The van der Waals surface area contributed by atoms with E-state index in [4.69, 9.17) is 10.2 Å². The number of benzene rings is 1. The van der Waals surface area contributed by atoms with Crippen LogP contribution in [0.25, 0.3) is 0 Å². The van der Waals surface area contributed by atoms with Gasteiger partial charge in [0.2, 0.25) is 6.04 Å². The van der Waals surface area contributed by atoms with E-state index in [2.05, 4.69) is 5.32 Å². The second-order valence-electron chi connectivity index (χ2n) is 4.41. The lowest BCUT2D eigenvalue weighted by Gasteiger charge is -2.35. The minimum atomic E-state index is -1.61. The quantitative estimate of drug-likeness (QED) is 0.655. The van der Waals surface area contributed by atoms with Crippen LogP contribution in [-0.4, -0.2) is 28.2 Å². The summed E-state index contributed by atoms with van der Waals surface area (Å²) in [5, 5.41) is 20.8. The molecular formula is C14H19NO4. The first kappa shape index (κ1) is 15.2. The van der Waals surface area contributed by atoms with Crippen molar-refractivity contribution in [3.8, 4) is 0 Å². The van der Waals surface area contributed by atoms with Crippen LogP contribution in [0.5, 0.6) is 0 Å². The second-order valence-corrected chi connectivity index (χ2v) is 4.41. The van der Waals surface area contributed by atoms with Gasteiger partial charge < -0.3 is 10.2 Å². The summed E-state index contributed by atoms with van der Waals surface area (Å²) in [6.45, 7) is 3.81. The van der Waals surface area contributed by atoms with Crippen molar-refractivity contribution in [2.75, 3.05) is 0 Å². The number of hydrogen-bond donors (Lipinski definition) is 3. The fourth-order valence-electron chi connectivity index (χ4n) is 2.21. The van der Waals surface area contributed by atoms with E-state index < -0.39 is 23.5 Å². The van der Waals surface area contributed by atoms with Crippen LogP contribution in [0.3, 0.4) is 0 Å². The normalized spacial score (nSPS) is 11.5. The molecule has 0 heterocycles. The van der Waals surface area contributed by atoms with Gasteiger partial charge in [0, 0.05) is 5.54 Å². The molecule has 0 amide bonds. The molecule has 0 atom stereocenters. The molecule has 0 bridgehead atoms. The SMILES string of the molecule is CCC(CC)(NC(C(=O)O)C(=O)O)c1ccccc1. The smallest absolute Gasteiger partial charge is 0.332 e. The number of nitrogens with one attached hydrogen (secondary N) is 1. The van der Waals surface area contributed by atoms with Gasteiger partial charge in [0.15, 0.2) is 0 Å². The first-order chi connectivity index (χ1) is 8.96. The van der Waals surface area contributed by atoms with Crippen LogP contribution in [0.15, 0.2) is 30.3 Å². The predicted molar refractivity (Wildman–Crippen MR) is 70.9 cm³/mol. The van der Waals surface area contributed by atoms with Crippen LogP contribution < -0.4 is 5.32 Å². The molecule has 0 aliphatic rings. The summed E-state index contributed by atoms with van der Waals surface area (Å²) < 4.78 is 0. The summed E-state index contributed by atoms with van der Waals surface area (Å²) in [5.74, 6) is -2.76. The molecule has 0 saturated heterocycles. The third-order valence-electron chi connectivity index (χ3n) is 3.45. The van der Waals surface area contributed by atoms with Crippen molar-refractivity contribution in [3.63, 3.8) is 0 Å². The topological polar surface area (TPSA) is 86.6 Å². The van der Waals surface area contributed by atoms with E-state index in [1.165, 1.54) is 0 Å². The summed E-state index contributed by atoms with van der Waals surface area (Å²) in [5.41, 5.74) is 0.246. The van der Waals surface area contributed by atoms with Crippen LogP contribution in [0.4, 0.5) is 0 Å². The van der Waals surface area contributed by atoms with Gasteiger partial charge >= 0.3 is 11.9 Å². The summed E-state index contributed by atoms with van der Waals surface area (Å²) in [6.07, 6.45) is 1.20. The maximum Gasteiger partial charge on any atom is 0.332 e. The van der Waals surface area contributed by atoms with Gasteiger partial charge in [0.05, 0.1) is 0 Å². The molecule has 0 radical (unpaired) electrons. The van der Waals surface area contributed by atoms with Gasteiger partial charge in [0.25, 0.3) is 0 Å². The van der Waals surface area contributed by atoms with E-state index in [0.717, 1.165) is 5.56 Å². The van der Waals surface area contributed by atoms with Crippen LogP contribution in [-0.2, 0) is 15.1 Å². The zero-order valence-corrected chi connectivity index (χ0v) is 11.1. The molecule has 1 aromatic rings. The zero-order valence-electron chi connectivity index (χ0n) is 11.1. The lowest BCUT2D eigenvalue weighted by molar-refractivity contribution is -0.152. The van der Waals surface area contributed by atoms with Gasteiger partial charge in [-0.05, 0) is 18.4 Å². The molecule has 0 fully saturated rings. The Kier molecular flexibility index (Phi) is 5.06. The highest BCUT2D eigenvalue weighted by Crippen LogP contribution is 2.29. The van der Waals surface area contributed by atoms with E-state index >= 15 is 0 Å². The Morgan fingerprint density at radius 3 is 1.95 bits per heavy atom. The largest absolute Gasteiger partial charge is 0.480 e. The first-order valence-electron chi connectivity index (χ1n) is 6.25. The Morgan fingerprint density at radius 1 is 1.11 bits per heavy atom. The monoisotopic (exact) mass is 265 g/mol. The Bertz CT molecular complexity index is 426. The van der Waals surface area contributed by atoms with Gasteiger partial charge in [-0.3, -0.25) is 5.32 Å². The van der Waals surface area contributed by atoms with Gasteiger partial charge in [-0.25, -0.2) is 9.59 Å². The molecule has 0 unspecified atom stereocenters. The third kappa shape index (κ3) is 3.32. The van der Waals surface area contributed by atoms with Gasteiger partial charge in [-0.1, -0.05) is 44.2 Å². The second kappa shape index (κ2) is 6.33. The van der Waals surface area contributed by atoms with Crippen molar-refractivity contribution in [3.05, 3.63) is 35.9 Å².